The van der Waals surface area contributed by atoms with Crippen LogP contribution in [-0.4, -0.2) is 12.6 Å². The van der Waals surface area contributed by atoms with Crippen LogP contribution in [0, 0.1) is 0 Å². The predicted molar refractivity (Wildman–Crippen MR) is 58.9 cm³/mol. The minimum atomic E-state index is 0.681. The van der Waals surface area contributed by atoms with Gasteiger partial charge in [-0.05, 0) is 39.7 Å². The molecule has 0 aromatic rings. The summed E-state index contributed by atoms with van der Waals surface area (Å²) in [6.07, 6.45) is 6.64. The first kappa shape index (κ1) is 10.8. The Bertz CT molecular complexity index is 176. The fourth-order valence-electron chi connectivity index (χ4n) is 2.09. The average molecular weight is 181 g/mol. The molecule has 0 radical (unpaired) electrons. The van der Waals surface area contributed by atoms with Crippen molar-refractivity contribution in [2.45, 2.75) is 58.9 Å². The SMILES string of the molecule is CCC/C(C)=C(\C)C1CCCCN1. The molecular formula is C12H23N. The van der Waals surface area contributed by atoms with Crippen molar-refractivity contribution in [2.24, 2.45) is 0 Å². The molecule has 1 aliphatic rings. The third-order valence-electron chi connectivity index (χ3n) is 3.13. The number of nitrogens with one attached hydrogen (secondary N) is 1. The van der Waals surface area contributed by atoms with Gasteiger partial charge in [-0.1, -0.05) is 30.9 Å². The Hall–Kier alpha value is -0.300. The monoisotopic (exact) mass is 181 g/mol. The minimum absolute atomic E-state index is 0.681. The van der Waals surface area contributed by atoms with E-state index in [9.17, 15) is 0 Å². The zero-order chi connectivity index (χ0) is 9.68. The largest absolute Gasteiger partial charge is 0.310 e. The minimum Gasteiger partial charge on any atom is -0.310 e. The molecule has 1 heterocycles. The van der Waals surface area contributed by atoms with Crippen LogP contribution in [0.1, 0.15) is 52.9 Å². The van der Waals surface area contributed by atoms with Gasteiger partial charge in [-0.3, -0.25) is 0 Å². The molecule has 1 unspecified atom stereocenters. The summed E-state index contributed by atoms with van der Waals surface area (Å²) >= 11 is 0. The topological polar surface area (TPSA) is 12.0 Å². The molecule has 1 saturated heterocycles. The maximum Gasteiger partial charge on any atom is 0.0279 e. The maximum atomic E-state index is 3.60. The van der Waals surface area contributed by atoms with Gasteiger partial charge in [-0.15, -0.1) is 0 Å². The highest BCUT2D eigenvalue weighted by atomic mass is 14.9. The molecule has 0 amide bonds. The molecule has 1 rings (SSSR count). The molecule has 1 N–H and O–H groups in total. The van der Waals surface area contributed by atoms with E-state index in [-0.39, 0.29) is 0 Å². The van der Waals surface area contributed by atoms with E-state index in [2.05, 4.69) is 26.1 Å². The van der Waals surface area contributed by atoms with Crippen molar-refractivity contribution < 1.29 is 0 Å². The Labute approximate surface area is 82.6 Å². The zero-order valence-corrected chi connectivity index (χ0v) is 9.32. The molecule has 0 saturated carbocycles. The van der Waals surface area contributed by atoms with Crippen LogP contribution in [-0.2, 0) is 0 Å². The lowest BCUT2D eigenvalue weighted by atomic mass is 9.94. The van der Waals surface area contributed by atoms with Gasteiger partial charge in [-0.25, -0.2) is 0 Å². The van der Waals surface area contributed by atoms with Crippen molar-refractivity contribution in [3.05, 3.63) is 11.1 Å². The number of hydrogen-bond acceptors (Lipinski definition) is 1. The third-order valence-corrected chi connectivity index (χ3v) is 3.13. The van der Waals surface area contributed by atoms with Crippen molar-refractivity contribution in [3.8, 4) is 0 Å². The van der Waals surface area contributed by atoms with Gasteiger partial charge in [0.2, 0.25) is 0 Å². The lowest BCUT2D eigenvalue weighted by Gasteiger charge is -2.25. The highest BCUT2D eigenvalue weighted by Crippen LogP contribution is 2.19. The number of hydrogen-bond donors (Lipinski definition) is 1. The van der Waals surface area contributed by atoms with E-state index in [1.165, 1.54) is 38.6 Å². The highest BCUT2D eigenvalue weighted by molar-refractivity contribution is 5.16. The van der Waals surface area contributed by atoms with E-state index in [4.69, 9.17) is 0 Å². The average Bonchev–Trinajstić information content (AvgIpc) is 2.18. The van der Waals surface area contributed by atoms with Gasteiger partial charge >= 0.3 is 0 Å². The molecule has 0 aromatic heterocycles. The van der Waals surface area contributed by atoms with E-state index >= 15 is 0 Å². The lowest BCUT2D eigenvalue weighted by molar-refractivity contribution is 0.437. The molecule has 1 fully saturated rings. The summed E-state index contributed by atoms with van der Waals surface area (Å²) in [4.78, 5) is 0. The van der Waals surface area contributed by atoms with Gasteiger partial charge in [0.1, 0.15) is 0 Å². The van der Waals surface area contributed by atoms with Gasteiger partial charge in [0.25, 0.3) is 0 Å². The van der Waals surface area contributed by atoms with Crippen LogP contribution in [0.3, 0.4) is 0 Å². The summed E-state index contributed by atoms with van der Waals surface area (Å²) in [5.74, 6) is 0. The Kier molecular flexibility index (Phi) is 4.51. The van der Waals surface area contributed by atoms with Gasteiger partial charge < -0.3 is 5.32 Å². The highest BCUT2D eigenvalue weighted by Gasteiger charge is 2.14. The Morgan fingerprint density at radius 2 is 2.08 bits per heavy atom. The molecule has 0 aliphatic carbocycles. The van der Waals surface area contributed by atoms with Crippen molar-refractivity contribution >= 4 is 0 Å². The van der Waals surface area contributed by atoms with Gasteiger partial charge in [0, 0.05) is 6.04 Å². The second-order valence-corrected chi connectivity index (χ2v) is 4.22. The first-order valence-corrected chi connectivity index (χ1v) is 5.65. The molecule has 76 valence electrons. The molecule has 1 aliphatic heterocycles. The van der Waals surface area contributed by atoms with E-state index in [0.29, 0.717) is 6.04 Å². The standard InChI is InChI=1S/C12H23N/c1-4-7-10(2)11(3)12-8-5-6-9-13-12/h12-13H,4-9H2,1-3H3/b11-10+. The molecule has 0 spiro atoms. The van der Waals surface area contributed by atoms with E-state index in [1.54, 1.807) is 11.1 Å². The molecule has 1 nitrogen and oxygen atoms in total. The molecule has 13 heavy (non-hydrogen) atoms. The molecule has 1 atom stereocenters. The number of rotatable bonds is 3. The van der Waals surface area contributed by atoms with E-state index in [1.807, 2.05) is 0 Å². The molecular weight excluding hydrogens is 158 g/mol. The van der Waals surface area contributed by atoms with Gasteiger partial charge in [-0.2, -0.15) is 0 Å². The van der Waals surface area contributed by atoms with Crippen LogP contribution < -0.4 is 5.32 Å². The lowest BCUT2D eigenvalue weighted by Crippen LogP contribution is -2.35. The zero-order valence-electron chi connectivity index (χ0n) is 9.32. The van der Waals surface area contributed by atoms with Crippen LogP contribution in [0.5, 0.6) is 0 Å². The van der Waals surface area contributed by atoms with E-state index in [0.717, 1.165) is 0 Å². The summed E-state index contributed by atoms with van der Waals surface area (Å²) in [6, 6.07) is 0.681. The normalized spacial score (nSPS) is 25.6. The summed E-state index contributed by atoms with van der Waals surface area (Å²) in [5, 5.41) is 3.60. The van der Waals surface area contributed by atoms with Gasteiger partial charge in [0.15, 0.2) is 0 Å². The Morgan fingerprint density at radius 3 is 2.62 bits per heavy atom. The molecule has 0 bridgehead atoms. The summed E-state index contributed by atoms with van der Waals surface area (Å²) in [6.45, 7) is 8.05. The van der Waals surface area contributed by atoms with Crippen molar-refractivity contribution in [1.29, 1.82) is 0 Å². The fourth-order valence-corrected chi connectivity index (χ4v) is 2.09. The first-order chi connectivity index (χ1) is 6.25. The quantitative estimate of drug-likeness (QED) is 0.659. The number of piperidine rings is 1. The fraction of sp³-hybridized carbons (Fsp3) is 0.833. The van der Waals surface area contributed by atoms with Crippen molar-refractivity contribution in [3.63, 3.8) is 0 Å². The van der Waals surface area contributed by atoms with Crippen molar-refractivity contribution in [2.75, 3.05) is 6.54 Å². The molecule has 1 heteroatoms. The van der Waals surface area contributed by atoms with Crippen LogP contribution in [0.15, 0.2) is 11.1 Å². The summed E-state index contributed by atoms with van der Waals surface area (Å²) in [5.41, 5.74) is 3.20. The van der Waals surface area contributed by atoms with Crippen LogP contribution in [0.2, 0.25) is 0 Å². The summed E-state index contributed by atoms with van der Waals surface area (Å²) in [7, 11) is 0. The van der Waals surface area contributed by atoms with Crippen LogP contribution >= 0.6 is 0 Å². The first-order valence-electron chi connectivity index (χ1n) is 5.65. The Morgan fingerprint density at radius 1 is 1.31 bits per heavy atom. The number of allylic oxidation sites excluding steroid dienone is 1. The second-order valence-electron chi connectivity index (χ2n) is 4.22. The third kappa shape index (κ3) is 3.15. The van der Waals surface area contributed by atoms with Gasteiger partial charge in [0.05, 0.1) is 0 Å². The maximum absolute atomic E-state index is 3.60. The Balaban J connectivity index is 2.52. The summed E-state index contributed by atoms with van der Waals surface area (Å²) < 4.78 is 0. The second kappa shape index (κ2) is 5.43. The van der Waals surface area contributed by atoms with Crippen LogP contribution in [0.4, 0.5) is 0 Å². The molecule has 0 aromatic carbocycles. The smallest absolute Gasteiger partial charge is 0.0279 e. The van der Waals surface area contributed by atoms with Crippen molar-refractivity contribution in [1.82, 2.24) is 5.32 Å². The predicted octanol–water partition coefficient (Wildman–Crippen LogP) is 3.27. The van der Waals surface area contributed by atoms with E-state index < -0.39 is 0 Å². The van der Waals surface area contributed by atoms with Crippen LogP contribution in [0.25, 0.3) is 0 Å².